The van der Waals surface area contributed by atoms with Crippen LogP contribution in [0.4, 0.5) is 0 Å². The summed E-state index contributed by atoms with van der Waals surface area (Å²) in [5, 5.41) is 4.05. The van der Waals surface area contributed by atoms with E-state index in [4.69, 9.17) is 21.2 Å². The van der Waals surface area contributed by atoms with E-state index < -0.39 is 0 Å². The first kappa shape index (κ1) is 12.2. The second-order valence-corrected chi connectivity index (χ2v) is 4.71. The Labute approximate surface area is 106 Å². The standard InChI is InChI=1S/C13H16ClNO2/c1-3-16-11-6-4-10(5-7-11)12-8-13(9(2)14)17-15-12/h4-7,9,13H,3,8H2,1-2H3. The van der Waals surface area contributed by atoms with Crippen molar-refractivity contribution in [2.75, 3.05) is 6.61 Å². The van der Waals surface area contributed by atoms with Gasteiger partial charge in [0.05, 0.1) is 17.7 Å². The predicted molar refractivity (Wildman–Crippen MR) is 69.0 cm³/mol. The smallest absolute Gasteiger partial charge is 0.149 e. The van der Waals surface area contributed by atoms with Crippen LogP contribution in [0, 0.1) is 0 Å². The van der Waals surface area contributed by atoms with Crippen molar-refractivity contribution in [1.82, 2.24) is 0 Å². The average Bonchev–Trinajstić information content (AvgIpc) is 2.80. The minimum Gasteiger partial charge on any atom is -0.494 e. The van der Waals surface area contributed by atoms with Gasteiger partial charge in [0.25, 0.3) is 0 Å². The molecular weight excluding hydrogens is 238 g/mol. The molecule has 0 aromatic heterocycles. The lowest BCUT2D eigenvalue weighted by atomic mass is 10.0. The molecule has 17 heavy (non-hydrogen) atoms. The van der Waals surface area contributed by atoms with E-state index in [1.165, 1.54) is 0 Å². The number of alkyl halides is 1. The van der Waals surface area contributed by atoms with E-state index in [2.05, 4.69) is 5.16 Å². The molecule has 0 amide bonds. The van der Waals surface area contributed by atoms with Crippen molar-refractivity contribution < 1.29 is 9.57 Å². The monoisotopic (exact) mass is 253 g/mol. The van der Waals surface area contributed by atoms with Crippen LogP contribution in [-0.2, 0) is 4.84 Å². The van der Waals surface area contributed by atoms with Crippen molar-refractivity contribution in [3.8, 4) is 5.75 Å². The van der Waals surface area contributed by atoms with Gasteiger partial charge in [-0.2, -0.15) is 0 Å². The summed E-state index contributed by atoms with van der Waals surface area (Å²) in [5.74, 6) is 0.873. The lowest BCUT2D eigenvalue weighted by molar-refractivity contribution is 0.0855. The first-order valence-electron chi connectivity index (χ1n) is 5.80. The zero-order valence-electron chi connectivity index (χ0n) is 10.0. The Morgan fingerprint density at radius 2 is 2.18 bits per heavy atom. The fraction of sp³-hybridized carbons (Fsp3) is 0.462. The van der Waals surface area contributed by atoms with Gasteiger partial charge in [-0.1, -0.05) is 5.16 Å². The molecule has 2 atom stereocenters. The topological polar surface area (TPSA) is 30.8 Å². The second-order valence-electron chi connectivity index (χ2n) is 4.02. The summed E-state index contributed by atoms with van der Waals surface area (Å²) in [4.78, 5) is 5.28. The molecule has 2 unspecified atom stereocenters. The number of hydrogen-bond donors (Lipinski definition) is 0. The molecule has 0 saturated carbocycles. The van der Waals surface area contributed by atoms with E-state index in [1.54, 1.807) is 0 Å². The molecular formula is C13H16ClNO2. The van der Waals surface area contributed by atoms with Gasteiger partial charge in [-0.05, 0) is 43.7 Å². The Bertz CT molecular complexity index is 400. The molecule has 2 rings (SSSR count). The number of rotatable bonds is 4. The molecule has 1 aliphatic heterocycles. The highest BCUT2D eigenvalue weighted by Crippen LogP contribution is 2.22. The Kier molecular flexibility index (Phi) is 3.89. The maximum Gasteiger partial charge on any atom is 0.149 e. The number of halogens is 1. The number of hydrogen-bond acceptors (Lipinski definition) is 3. The van der Waals surface area contributed by atoms with E-state index >= 15 is 0 Å². The highest BCUT2D eigenvalue weighted by molar-refractivity contribution is 6.21. The maximum atomic E-state index is 5.98. The molecule has 0 bridgehead atoms. The van der Waals surface area contributed by atoms with Crippen LogP contribution < -0.4 is 4.74 Å². The zero-order chi connectivity index (χ0) is 12.3. The molecule has 0 N–H and O–H groups in total. The lowest BCUT2D eigenvalue weighted by Gasteiger charge is -2.09. The summed E-state index contributed by atoms with van der Waals surface area (Å²) >= 11 is 5.98. The van der Waals surface area contributed by atoms with E-state index in [-0.39, 0.29) is 11.5 Å². The summed E-state index contributed by atoms with van der Waals surface area (Å²) in [6.45, 7) is 4.56. The molecule has 0 spiro atoms. The van der Waals surface area contributed by atoms with Gasteiger partial charge in [0, 0.05) is 6.42 Å². The largest absolute Gasteiger partial charge is 0.494 e. The lowest BCUT2D eigenvalue weighted by Crippen LogP contribution is -2.18. The molecule has 1 aromatic carbocycles. The van der Waals surface area contributed by atoms with Gasteiger partial charge in [-0.3, -0.25) is 0 Å². The van der Waals surface area contributed by atoms with Gasteiger partial charge in [0.15, 0.2) is 0 Å². The van der Waals surface area contributed by atoms with E-state index in [0.717, 1.165) is 23.4 Å². The Morgan fingerprint density at radius 1 is 1.47 bits per heavy atom. The summed E-state index contributed by atoms with van der Waals surface area (Å²) in [5.41, 5.74) is 2.01. The van der Waals surface area contributed by atoms with Crippen molar-refractivity contribution in [3.05, 3.63) is 29.8 Å². The normalized spacial score (nSPS) is 20.6. The molecule has 1 aliphatic rings. The molecule has 0 saturated heterocycles. The highest BCUT2D eigenvalue weighted by atomic mass is 35.5. The van der Waals surface area contributed by atoms with Gasteiger partial charge >= 0.3 is 0 Å². The molecule has 0 fully saturated rings. The fourth-order valence-corrected chi connectivity index (χ4v) is 1.86. The molecule has 4 heteroatoms. The molecule has 3 nitrogen and oxygen atoms in total. The summed E-state index contributed by atoms with van der Waals surface area (Å²) in [6.07, 6.45) is 0.747. The molecule has 1 aromatic rings. The van der Waals surface area contributed by atoms with Gasteiger partial charge in [0.2, 0.25) is 0 Å². The molecule has 1 heterocycles. The van der Waals surface area contributed by atoms with Crippen LogP contribution in [0.1, 0.15) is 25.8 Å². The van der Waals surface area contributed by atoms with Gasteiger partial charge in [-0.15, -0.1) is 11.6 Å². The van der Waals surface area contributed by atoms with E-state index in [1.807, 2.05) is 38.1 Å². The summed E-state index contributed by atoms with van der Waals surface area (Å²) in [6, 6.07) is 7.88. The number of nitrogens with zero attached hydrogens (tertiary/aromatic N) is 1. The number of benzene rings is 1. The van der Waals surface area contributed by atoms with Crippen molar-refractivity contribution in [3.63, 3.8) is 0 Å². The summed E-state index contributed by atoms with van der Waals surface area (Å²) in [7, 11) is 0. The average molecular weight is 254 g/mol. The van der Waals surface area contributed by atoms with Gasteiger partial charge in [-0.25, -0.2) is 0 Å². The van der Waals surface area contributed by atoms with Gasteiger partial charge < -0.3 is 9.57 Å². The maximum absolute atomic E-state index is 5.98. The molecule has 0 radical (unpaired) electrons. The fourth-order valence-electron chi connectivity index (χ4n) is 1.72. The highest BCUT2D eigenvalue weighted by Gasteiger charge is 2.26. The zero-order valence-corrected chi connectivity index (χ0v) is 10.8. The minimum absolute atomic E-state index is 0.0155. The third-order valence-electron chi connectivity index (χ3n) is 2.70. The van der Waals surface area contributed by atoms with Crippen LogP contribution in [0.5, 0.6) is 5.75 Å². The van der Waals surface area contributed by atoms with Crippen molar-refractivity contribution in [2.45, 2.75) is 31.7 Å². The molecule has 0 aliphatic carbocycles. The SMILES string of the molecule is CCOc1ccc(C2=NOC(C(C)Cl)C2)cc1. The van der Waals surface area contributed by atoms with Crippen LogP contribution in [-0.4, -0.2) is 23.8 Å². The number of ether oxygens (including phenoxy) is 1. The Balaban J connectivity index is 2.04. The first-order valence-corrected chi connectivity index (χ1v) is 6.24. The van der Waals surface area contributed by atoms with Crippen LogP contribution >= 0.6 is 11.6 Å². The van der Waals surface area contributed by atoms with Crippen molar-refractivity contribution in [2.24, 2.45) is 5.16 Å². The Morgan fingerprint density at radius 3 is 2.71 bits per heavy atom. The third-order valence-corrected chi connectivity index (χ3v) is 2.98. The summed E-state index contributed by atoms with van der Waals surface area (Å²) < 4.78 is 5.39. The second kappa shape index (κ2) is 5.41. The first-order chi connectivity index (χ1) is 8.20. The van der Waals surface area contributed by atoms with Crippen molar-refractivity contribution >= 4 is 17.3 Å². The van der Waals surface area contributed by atoms with Crippen LogP contribution in [0.3, 0.4) is 0 Å². The van der Waals surface area contributed by atoms with E-state index in [0.29, 0.717) is 6.61 Å². The minimum atomic E-state index is -0.0288. The quantitative estimate of drug-likeness (QED) is 0.772. The van der Waals surface area contributed by atoms with Crippen LogP contribution in [0.25, 0.3) is 0 Å². The van der Waals surface area contributed by atoms with Crippen molar-refractivity contribution in [1.29, 1.82) is 0 Å². The molecule has 92 valence electrons. The third kappa shape index (κ3) is 2.91. The Hall–Kier alpha value is -1.22. The van der Waals surface area contributed by atoms with Crippen LogP contribution in [0.2, 0.25) is 0 Å². The van der Waals surface area contributed by atoms with E-state index in [9.17, 15) is 0 Å². The number of oxime groups is 1. The van der Waals surface area contributed by atoms with Crippen LogP contribution in [0.15, 0.2) is 29.4 Å². The predicted octanol–water partition coefficient (Wildman–Crippen LogP) is 3.21. The van der Waals surface area contributed by atoms with Gasteiger partial charge in [0.1, 0.15) is 11.9 Å².